The molecule has 5 rings (SSSR count). The minimum absolute atomic E-state index is 0.0519. The molecule has 4 aromatic carbocycles. The highest BCUT2D eigenvalue weighted by molar-refractivity contribution is 6.16. The second-order valence-electron chi connectivity index (χ2n) is 8.02. The molecule has 0 aliphatic heterocycles. The molecule has 5 heteroatoms. The maximum Gasteiger partial charge on any atom is 0.293 e. The molecule has 0 atom stereocenters. The van der Waals surface area contributed by atoms with E-state index in [0.717, 1.165) is 16.7 Å². The zero-order valence-corrected chi connectivity index (χ0v) is 18.5. The van der Waals surface area contributed by atoms with Crippen LogP contribution in [0.25, 0.3) is 22.1 Å². The van der Waals surface area contributed by atoms with Crippen molar-refractivity contribution in [3.8, 4) is 11.1 Å². The predicted molar refractivity (Wildman–Crippen MR) is 135 cm³/mol. The smallest absolute Gasteiger partial charge is 0.293 e. The van der Waals surface area contributed by atoms with Crippen molar-refractivity contribution in [2.24, 2.45) is 0 Å². The maximum atomic E-state index is 13.1. The minimum atomic E-state index is -0.435. The van der Waals surface area contributed by atoms with Crippen molar-refractivity contribution in [1.82, 2.24) is 0 Å². The molecule has 2 N–H and O–H groups in total. The molecule has 166 valence electrons. The van der Waals surface area contributed by atoms with Crippen LogP contribution < -0.4 is 10.6 Å². The van der Waals surface area contributed by atoms with Crippen LogP contribution in [0.1, 0.15) is 26.5 Å². The molecule has 0 aliphatic carbocycles. The Morgan fingerprint density at radius 3 is 2.03 bits per heavy atom. The third kappa shape index (κ3) is 4.32. The van der Waals surface area contributed by atoms with E-state index in [1.165, 1.54) is 0 Å². The summed E-state index contributed by atoms with van der Waals surface area (Å²) in [5.74, 6) is -0.707. The van der Waals surface area contributed by atoms with Crippen LogP contribution in [-0.4, -0.2) is 11.8 Å². The lowest BCUT2D eigenvalue weighted by Crippen LogP contribution is -2.17. The number of carbonyl (C=O) groups is 2. The van der Waals surface area contributed by atoms with Gasteiger partial charge >= 0.3 is 0 Å². The van der Waals surface area contributed by atoms with E-state index in [4.69, 9.17) is 4.42 Å². The summed E-state index contributed by atoms with van der Waals surface area (Å²) in [5.41, 5.74) is 5.17. The van der Waals surface area contributed by atoms with E-state index in [0.29, 0.717) is 27.9 Å². The van der Waals surface area contributed by atoms with Gasteiger partial charge in [0.1, 0.15) is 11.3 Å². The number of para-hydroxylation sites is 1. The third-order valence-corrected chi connectivity index (χ3v) is 5.60. The van der Waals surface area contributed by atoms with Crippen molar-refractivity contribution in [2.45, 2.75) is 6.92 Å². The first-order chi connectivity index (χ1) is 16.6. The molecule has 1 aromatic heterocycles. The highest BCUT2D eigenvalue weighted by atomic mass is 16.3. The first-order valence-electron chi connectivity index (χ1n) is 10.9. The van der Waals surface area contributed by atoms with E-state index in [2.05, 4.69) is 10.6 Å². The first kappa shape index (κ1) is 21.2. The number of hydrogen-bond acceptors (Lipinski definition) is 3. The van der Waals surface area contributed by atoms with Gasteiger partial charge in [0.05, 0.1) is 0 Å². The van der Waals surface area contributed by atoms with Crippen molar-refractivity contribution in [2.75, 3.05) is 10.6 Å². The molecule has 0 saturated heterocycles. The maximum absolute atomic E-state index is 13.1. The molecule has 0 unspecified atom stereocenters. The van der Waals surface area contributed by atoms with Crippen LogP contribution in [0.2, 0.25) is 0 Å². The normalized spacial score (nSPS) is 10.7. The summed E-state index contributed by atoms with van der Waals surface area (Å²) in [6.45, 7) is 1.98. The van der Waals surface area contributed by atoms with Crippen molar-refractivity contribution < 1.29 is 14.0 Å². The fourth-order valence-electron chi connectivity index (χ4n) is 3.78. The van der Waals surface area contributed by atoms with E-state index < -0.39 is 5.91 Å². The summed E-state index contributed by atoms with van der Waals surface area (Å²) in [6, 6.07) is 32.0. The van der Waals surface area contributed by atoms with E-state index in [9.17, 15) is 9.59 Å². The van der Waals surface area contributed by atoms with Gasteiger partial charge in [0, 0.05) is 16.6 Å². The van der Waals surface area contributed by atoms with Crippen LogP contribution in [0.15, 0.2) is 108 Å². The SMILES string of the molecule is Cc1ccc(NC(=O)c2oc3ccccc3c2NC(=O)c2ccc(-c3ccccc3)cc2)cc1. The highest BCUT2D eigenvalue weighted by Crippen LogP contribution is 2.32. The Morgan fingerprint density at radius 1 is 0.647 bits per heavy atom. The zero-order chi connectivity index (χ0) is 23.5. The number of anilines is 2. The van der Waals surface area contributed by atoms with E-state index >= 15 is 0 Å². The lowest BCUT2D eigenvalue weighted by Gasteiger charge is -2.08. The summed E-state index contributed by atoms with van der Waals surface area (Å²) >= 11 is 0. The monoisotopic (exact) mass is 446 g/mol. The molecular weight excluding hydrogens is 424 g/mol. The number of furan rings is 1. The van der Waals surface area contributed by atoms with Gasteiger partial charge in [-0.05, 0) is 54.4 Å². The van der Waals surface area contributed by atoms with Gasteiger partial charge in [-0.1, -0.05) is 72.3 Å². The molecule has 0 fully saturated rings. The molecule has 1 heterocycles. The zero-order valence-electron chi connectivity index (χ0n) is 18.5. The fourth-order valence-corrected chi connectivity index (χ4v) is 3.78. The van der Waals surface area contributed by atoms with Gasteiger partial charge in [-0.2, -0.15) is 0 Å². The quantitative estimate of drug-likeness (QED) is 0.308. The molecule has 0 saturated carbocycles. The number of hydrogen-bond donors (Lipinski definition) is 2. The van der Waals surface area contributed by atoms with Crippen LogP contribution in [0.3, 0.4) is 0 Å². The lowest BCUT2D eigenvalue weighted by atomic mass is 10.0. The second-order valence-corrected chi connectivity index (χ2v) is 8.02. The standard InChI is InChI=1S/C29H22N2O3/c1-19-11-17-23(18-12-19)30-29(33)27-26(24-9-5-6-10-25(24)34-27)31-28(32)22-15-13-21(14-16-22)20-7-3-2-4-8-20/h2-18H,1H3,(H,30,33)(H,31,32). The summed E-state index contributed by atoms with van der Waals surface area (Å²) in [7, 11) is 0. The van der Waals surface area contributed by atoms with E-state index in [1.807, 2.05) is 91.9 Å². The molecule has 5 aromatic rings. The summed E-state index contributed by atoms with van der Waals surface area (Å²) in [5, 5.41) is 6.39. The molecule has 0 aliphatic rings. The van der Waals surface area contributed by atoms with Gasteiger partial charge in [-0.25, -0.2) is 0 Å². The third-order valence-electron chi connectivity index (χ3n) is 5.60. The largest absolute Gasteiger partial charge is 0.449 e. The predicted octanol–water partition coefficient (Wildman–Crippen LogP) is 6.91. The Bertz CT molecular complexity index is 1470. The van der Waals surface area contributed by atoms with Gasteiger partial charge in [0.15, 0.2) is 0 Å². The Balaban J connectivity index is 1.43. The number of amides is 2. The lowest BCUT2D eigenvalue weighted by molar-refractivity contribution is 0.0999. The van der Waals surface area contributed by atoms with Gasteiger partial charge in [0.25, 0.3) is 11.8 Å². The minimum Gasteiger partial charge on any atom is -0.449 e. The summed E-state index contributed by atoms with van der Waals surface area (Å²) in [6.07, 6.45) is 0. The Labute approximate surface area is 197 Å². The molecule has 0 spiro atoms. The number of aryl methyl sites for hydroxylation is 1. The molecule has 0 radical (unpaired) electrons. The van der Waals surface area contributed by atoms with Crippen LogP contribution in [-0.2, 0) is 0 Å². The average Bonchev–Trinajstić information content (AvgIpc) is 3.24. The summed E-state index contributed by atoms with van der Waals surface area (Å²) < 4.78 is 5.84. The Hall–Kier alpha value is -4.64. The summed E-state index contributed by atoms with van der Waals surface area (Å²) in [4.78, 5) is 26.1. The van der Waals surface area contributed by atoms with E-state index in [1.54, 1.807) is 18.2 Å². The Morgan fingerprint density at radius 2 is 1.29 bits per heavy atom. The van der Waals surface area contributed by atoms with Crippen LogP contribution in [0, 0.1) is 6.92 Å². The molecule has 5 nitrogen and oxygen atoms in total. The van der Waals surface area contributed by atoms with E-state index in [-0.39, 0.29) is 11.7 Å². The molecular formula is C29H22N2O3. The number of rotatable bonds is 5. The van der Waals surface area contributed by atoms with Crippen molar-refractivity contribution in [1.29, 1.82) is 0 Å². The fraction of sp³-hybridized carbons (Fsp3) is 0.0345. The van der Waals surface area contributed by atoms with Crippen LogP contribution >= 0.6 is 0 Å². The number of nitrogens with one attached hydrogen (secondary N) is 2. The topological polar surface area (TPSA) is 71.3 Å². The number of fused-ring (bicyclic) bond motifs is 1. The van der Waals surface area contributed by atoms with Gasteiger partial charge in [-0.15, -0.1) is 0 Å². The van der Waals surface area contributed by atoms with Crippen molar-refractivity contribution >= 4 is 34.2 Å². The Kier molecular flexibility index (Phi) is 5.67. The average molecular weight is 447 g/mol. The van der Waals surface area contributed by atoms with Gasteiger partial charge < -0.3 is 15.1 Å². The van der Waals surface area contributed by atoms with Crippen LogP contribution in [0.4, 0.5) is 11.4 Å². The second kappa shape index (κ2) is 9.08. The van der Waals surface area contributed by atoms with Crippen molar-refractivity contribution in [3.63, 3.8) is 0 Å². The molecule has 0 bridgehead atoms. The first-order valence-corrected chi connectivity index (χ1v) is 10.9. The number of carbonyl (C=O) groups excluding carboxylic acids is 2. The molecule has 2 amide bonds. The van der Waals surface area contributed by atoms with Gasteiger partial charge in [0.2, 0.25) is 5.76 Å². The molecule has 34 heavy (non-hydrogen) atoms. The van der Waals surface area contributed by atoms with Gasteiger partial charge in [-0.3, -0.25) is 9.59 Å². The van der Waals surface area contributed by atoms with Crippen molar-refractivity contribution in [3.05, 3.63) is 120 Å². The highest BCUT2D eigenvalue weighted by Gasteiger charge is 2.23. The van der Waals surface area contributed by atoms with Crippen LogP contribution in [0.5, 0.6) is 0 Å². The number of benzene rings is 4.